The first-order chi connectivity index (χ1) is 15.6. The summed E-state index contributed by atoms with van der Waals surface area (Å²) >= 11 is 0. The molecule has 5 heteroatoms. The summed E-state index contributed by atoms with van der Waals surface area (Å²) in [6, 6.07) is 18.8. The molecule has 0 saturated carbocycles. The molecule has 0 bridgehead atoms. The number of benzene rings is 2. The van der Waals surface area contributed by atoms with Crippen LogP contribution in [0.1, 0.15) is 16.8 Å². The Balaban J connectivity index is 1.62. The number of pyridine rings is 1. The number of hydrogen-bond acceptors (Lipinski definition) is 2. The van der Waals surface area contributed by atoms with Crippen LogP contribution in [-0.2, 0) is 0 Å². The molecule has 156 valence electrons. The van der Waals surface area contributed by atoms with Crippen molar-refractivity contribution in [2.75, 3.05) is 0 Å². The second kappa shape index (κ2) is 8.12. The molecule has 0 aliphatic carbocycles. The normalized spacial score (nSPS) is 11.8. The molecule has 0 aliphatic heterocycles. The zero-order chi connectivity index (χ0) is 22.1. The number of nitrogens with one attached hydrogen (secondary N) is 2. The van der Waals surface area contributed by atoms with E-state index < -0.39 is 0 Å². The van der Waals surface area contributed by atoms with Crippen molar-refractivity contribution in [2.45, 2.75) is 6.92 Å². The SMILES string of the molecule is C=C/C=C(/c1cccc(F)c1)c1cc(-c2n[nH]c3ccc(-c4cccnc4)cc23)[nH]c1C. The van der Waals surface area contributed by atoms with Crippen LogP contribution in [0.25, 0.3) is 39.0 Å². The van der Waals surface area contributed by atoms with Crippen molar-refractivity contribution < 1.29 is 4.39 Å². The minimum atomic E-state index is -0.271. The number of nitrogens with zero attached hydrogens (tertiary/aromatic N) is 2. The van der Waals surface area contributed by atoms with Crippen molar-refractivity contribution in [3.63, 3.8) is 0 Å². The molecule has 5 aromatic rings. The first-order valence-electron chi connectivity index (χ1n) is 10.3. The highest BCUT2D eigenvalue weighted by molar-refractivity contribution is 5.96. The number of H-pyrrole nitrogens is 2. The highest BCUT2D eigenvalue weighted by Crippen LogP contribution is 2.34. The molecule has 2 N–H and O–H groups in total. The van der Waals surface area contributed by atoms with Gasteiger partial charge < -0.3 is 4.98 Å². The highest BCUT2D eigenvalue weighted by Gasteiger charge is 2.16. The number of fused-ring (bicyclic) bond motifs is 1. The third kappa shape index (κ3) is 3.54. The van der Waals surface area contributed by atoms with Gasteiger partial charge in [0.2, 0.25) is 0 Å². The molecule has 0 aliphatic rings. The molecular formula is C27H21FN4. The van der Waals surface area contributed by atoms with Crippen molar-refractivity contribution >= 4 is 16.5 Å². The fourth-order valence-corrected chi connectivity index (χ4v) is 4.01. The Morgan fingerprint density at radius 1 is 1.03 bits per heavy atom. The molecule has 5 rings (SSSR count). The van der Waals surface area contributed by atoms with E-state index in [4.69, 9.17) is 0 Å². The lowest BCUT2D eigenvalue weighted by molar-refractivity contribution is 0.627. The molecular weight excluding hydrogens is 399 g/mol. The maximum Gasteiger partial charge on any atom is 0.123 e. The van der Waals surface area contributed by atoms with E-state index >= 15 is 0 Å². The van der Waals surface area contributed by atoms with Crippen LogP contribution < -0.4 is 0 Å². The van der Waals surface area contributed by atoms with Crippen molar-refractivity contribution in [1.29, 1.82) is 0 Å². The maximum atomic E-state index is 13.9. The summed E-state index contributed by atoms with van der Waals surface area (Å²) in [5, 5.41) is 8.71. The monoisotopic (exact) mass is 420 g/mol. The lowest BCUT2D eigenvalue weighted by Gasteiger charge is -2.07. The van der Waals surface area contributed by atoms with Gasteiger partial charge in [-0.15, -0.1) is 0 Å². The lowest BCUT2D eigenvalue weighted by atomic mass is 9.97. The Morgan fingerprint density at radius 2 is 1.94 bits per heavy atom. The van der Waals surface area contributed by atoms with Gasteiger partial charge >= 0.3 is 0 Å². The number of aromatic amines is 2. The topological polar surface area (TPSA) is 57.4 Å². The maximum absolute atomic E-state index is 13.9. The van der Waals surface area contributed by atoms with E-state index in [2.05, 4.69) is 44.9 Å². The molecule has 3 aromatic heterocycles. The van der Waals surface area contributed by atoms with E-state index in [-0.39, 0.29) is 5.82 Å². The first kappa shape index (κ1) is 19.7. The van der Waals surface area contributed by atoms with Crippen LogP contribution in [0.4, 0.5) is 4.39 Å². The molecule has 0 atom stereocenters. The third-order valence-corrected chi connectivity index (χ3v) is 5.54. The molecule has 4 nitrogen and oxygen atoms in total. The molecule has 32 heavy (non-hydrogen) atoms. The van der Waals surface area contributed by atoms with E-state index in [1.807, 2.05) is 43.5 Å². The first-order valence-corrected chi connectivity index (χ1v) is 10.3. The fraction of sp³-hybridized carbons (Fsp3) is 0.0370. The summed E-state index contributed by atoms with van der Waals surface area (Å²) in [6.45, 7) is 5.84. The number of halogens is 1. The Morgan fingerprint density at radius 3 is 2.72 bits per heavy atom. The molecule has 0 radical (unpaired) electrons. The minimum Gasteiger partial charge on any atom is -0.357 e. The predicted octanol–water partition coefficient (Wildman–Crippen LogP) is 6.69. The number of hydrogen-bond donors (Lipinski definition) is 2. The van der Waals surface area contributed by atoms with Gasteiger partial charge in [-0.25, -0.2) is 4.39 Å². The molecule has 2 aromatic carbocycles. The zero-order valence-electron chi connectivity index (χ0n) is 17.6. The van der Waals surface area contributed by atoms with E-state index in [0.29, 0.717) is 0 Å². The summed E-state index contributed by atoms with van der Waals surface area (Å²) in [5.74, 6) is -0.271. The quantitative estimate of drug-likeness (QED) is 0.311. The molecule has 0 saturated heterocycles. The van der Waals surface area contributed by atoms with Gasteiger partial charge in [0.1, 0.15) is 11.5 Å². The predicted molar refractivity (Wildman–Crippen MR) is 128 cm³/mol. The summed E-state index contributed by atoms with van der Waals surface area (Å²) < 4.78 is 13.9. The van der Waals surface area contributed by atoms with Crippen molar-refractivity contribution in [1.82, 2.24) is 20.2 Å². The van der Waals surface area contributed by atoms with Crippen LogP contribution in [0.5, 0.6) is 0 Å². The summed E-state index contributed by atoms with van der Waals surface area (Å²) in [6.07, 6.45) is 7.24. The number of rotatable bonds is 5. The Hall–Kier alpha value is -4.25. The van der Waals surface area contributed by atoms with Crippen LogP contribution in [0, 0.1) is 12.7 Å². The van der Waals surface area contributed by atoms with Crippen molar-refractivity contribution in [3.8, 4) is 22.5 Å². The second-order valence-electron chi connectivity index (χ2n) is 7.62. The molecule has 0 fully saturated rings. The van der Waals surface area contributed by atoms with Gasteiger partial charge in [-0.3, -0.25) is 10.1 Å². The van der Waals surface area contributed by atoms with E-state index in [1.54, 1.807) is 18.3 Å². The van der Waals surface area contributed by atoms with Gasteiger partial charge in [0.25, 0.3) is 0 Å². The molecule has 0 amide bonds. The van der Waals surface area contributed by atoms with Gasteiger partial charge in [0.15, 0.2) is 0 Å². The summed E-state index contributed by atoms with van der Waals surface area (Å²) in [5.41, 5.74) is 8.43. The highest BCUT2D eigenvalue weighted by atomic mass is 19.1. The lowest BCUT2D eigenvalue weighted by Crippen LogP contribution is -1.89. The third-order valence-electron chi connectivity index (χ3n) is 5.54. The average Bonchev–Trinajstić information content (AvgIpc) is 3.41. The zero-order valence-corrected chi connectivity index (χ0v) is 17.6. The average molecular weight is 420 g/mol. The van der Waals surface area contributed by atoms with Crippen LogP contribution in [0.15, 0.2) is 91.8 Å². The van der Waals surface area contributed by atoms with Crippen molar-refractivity contribution in [2.24, 2.45) is 0 Å². The van der Waals surface area contributed by atoms with Crippen molar-refractivity contribution in [3.05, 3.63) is 114 Å². The van der Waals surface area contributed by atoms with Crippen LogP contribution >= 0.6 is 0 Å². The number of aryl methyl sites for hydroxylation is 1. The van der Waals surface area contributed by atoms with Crippen LogP contribution in [0.2, 0.25) is 0 Å². The van der Waals surface area contributed by atoms with E-state index in [1.165, 1.54) is 12.1 Å². The number of aromatic nitrogens is 4. The second-order valence-corrected chi connectivity index (χ2v) is 7.62. The van der Waals surface area contributed by atoms with E-state index in [0.717, 1.165) is 55.8 Å². The summed E-state index contributed by atoms with van der Waals surface area (Å²) in [4.78, 5) is 7.68. The minimum absolute atomic E-state index is 0.271. The van der Waals surface area contributed by atoms with Gasteiger partial charge in [-0.1, -0.05) is 43.0 Å². The van der Waals surface area contributed by atoms with Gasteiger partial charge in [0.05, 0.1) is 11.2 Å². The van der Waals surface area contributed by atoms with E-state index in [9.17, 15) is 4.39 Å². The number of allylic oxidation sites excluding steroid dienone is 2. The molecule has 0 unspecified atom stereocenters. The largest absolute Gasteiger partial charge is 0.357 e. The fourth-order valence-electron chi connectivity index (χ4n) is 4.01. The van der Waals surface area contributed by atoms with Crippen LogP contribution in [-0.4, -0.2) is 20.2 Å². The Labute approximate surface area is 185 Å². The van der Waals surface area contributed by atoms with Gasteiger partial charge in [-0.05, 0) is 60.0 Å². The Kier molecular flexibility index (Phi) is 5.00. The molecule has 3 heterocycles. The summed E-state index contributed by atoms with van der Waals surface area (Å²) in [7, 11) is 0. The Bertz CT molecular complexity index is 1460. The van der Waals surface area contributed by atoms with Gasteiger partial charge in [-0.2, -0.15) is 5.10 Å². The standard InChI is InChI=1S/C27H21FN4/c1-3-6-22(19-7-4-9-21(28)13-19)23-15-26(30-17(23)2)27-24-14-18(10-11-25(24)31-32-27)20-8-5-12-29-16-20/h3-16,30H,1H2,2H3,(H,31,32)/b22-6-. The smallest absolute Gasteiger partial charge is 0.123 e. The molecule has 0 spiro atoms. The van der Waals surface area contributed by atoms with Crippen LogP contribution in [0.3, 0.4) is 0 Å². The van der Waals surface area contributed by atoms with Gasteiger partial charge in [0, 0.05) is 34.6 Å².